The number of carbonyl (C=O) groups is 2. The van der Waals surface area contributed by atoms with Crippen molar-refractivity contribution in [3.63, 3.8) is 0 Å². The number of likely N-dealkylation sites (N-methyl/N-ethyl adjacent to an activating group) is 2. The van der Waals surface area contributed by atoms with E-state index in [1.54, 1.807) is 33.1 Å². The van der Waals surface area contributed by atoms with Crippen LogP contribution in [0.3, 0.4) is 0 Å². The van der Waals surface area contributed by atoms with Gasteiger partial charge in [-0.25, -0.2) is 9.28 Å². The number of quaternary nitrogens is 1. The SMILES string of the molecule is COc1ccc([C@H]2Sc3ccccc3[N+](C)(CCN(C)CCc3ccc(OC)c(OC)c3)C(=O)[C@H]2OC(C)=O)cc1.[I-]. The number of nitrogens with zero attached hydrogens (tertiary/aromatic N) is 2. The van der Waals surface area contributed by atoms with Gasteiger partial charge >= 0.3 is 11.9 Å². The molecular weight excluding hydrogens is 667 g/mol. The van der Waals surface area contributed by atoms with Crippen molar-refractivity contribution in [2.45, 2.75) is 29.6 Å². The fraction of sp³-hybridized carbons (Fsp3) is 0.375. The number of rotatable bonds is 11. The summed E-state index contributed by atoms with van der Waals surface area (Å²) in [5.74, 6) is 1.50. The Morgan fingerprint density at radius 2 is 1.62 bits per heavy atom. The highest BCUT2D eigenvalue weighted by Gasteiger charge is 2.50. The summed E-state index contributed by atoms with van der Waals surface area (Å²) < 4.78 is 21.9. The number of benzene rings is 3. The molecule has 8 nitrogen and oxygen atoms in total. The van der Waals surface area contributed by atoms with E-state index in [-0.39, 0.29) is 34.4 Å². The van der Waals surface area contributed by atoms with E-state index in [0.29, 0.717) is 24.6 Å². The molecule has 3 aromatic carbocycles. The molecule has 0 aliphatic carbocycles. The molecule has 0 N–H and O–H groups in total. The summed E-state index contributed by atoms with van der Waals surface area (Å²) >= 11 is 1.56. The summed E-state index contributed by atoms with van der Waals surface area (Å²) in [7, 11) is 8.86. The molecule has 226 valence electrons. The number of amides is 1. The second-order valence-corrected chi connectivity index (χ2v) is 11.5. The molecule has 1 aliphatic rings. The van der Waals surface area contributed by atoms with Crippen LogP contribution in [0.25, 0.3) is 0 Å². The number of thioether (sulfide) groups is 1. The Morgan fingerprint density at radius 3 is 2.26 bits per heavy atom. The van der Waals surface area contributed by atoms with Crippen LogP contribution in [0.1, 0.15) is 23.3 Å². The Balaban J connectivity index is 0.00000484. The third-order valence-corrected chi connectivity index (χ3v) is 8.92. The molecule has 0 fully saturated rings. The van der Waals surface area contributed by atoms with Crippen LogP contribution in [-0.4, -0.2) is 77.9 Å². The average molecular weight is 707 g/mol. The van der Waals surface area contributed by atoms with Crippen LogP contribution >= 0.6 is 11.8 Å². The molecule has 3 atom stereocenters. The number of hydrogen-bond donors (Lipinski definition) is 0. The van der Waals surface area contributed by atoms with Crippen LogP contribution in [0.5, 0.6) is 17.2 Å². The van der Waals surface area contributed by atoms with Crippen molar-refractivity contribution in [2.75, 3.05) is 55.1 Å². The number of para-hydroxylation sites is 1. The number of hydrogen-bond acceptors (Lipinski definition) is 8. The smallest absolute Gasteiger partial charge is 0.361 e. The van der Waals surface area contributed by atoms with Crippen LogP contribution < -0.4 is 42.7 Å². The van der Waals surface area contributed by atoms with Crippen LogP contribution in [0.15, 0.2) is 71.6 Å². The van der Waals surface area contributed by atoms with Crippen molar-refractivity contribution in [1.29, 1.82) is 0 Å². The van der Waals surface area contributed by atoms with Gasteiger partial charge in [-0.3, -0.25) is 4.79 Å². The summed E-state index contributed by atoms with van der Waals surface area (Å²) in [4.78, 5) is 29.9. The van der Waals surface area contributed by atoms with Gasteiger partial charge < -0.3 is 47.8 Å². The summed E-state index contributed by atoms with van der Waals surface area (Å²) in [5, 5.41) is -0.402. The van der Waals surface area contributed by atoms with Gasteiger partial charge in [-0.1, -0.05) is 30.3 Å². The van der Waals surface area contributed by atoms with Gasteiger partial charge in [0.1, 0.15) is 12.3 Å². The molecule has 10 heteroatoms. The Bertz CT molecular complexity index is 1370. The zero-order chi connectivity index (χ0) is 29.6. The van der Waals surface area contributed by atoms with Crippen LogP contribution in [0.2, 0.25) is 0 Å². The third-order valence-electron chi connectivity index (χ3n) is 7.55. The number of halogens is 1. The monoisotopic (exact) mass is 706 g/mol. The Labute approximate surface area is 269 Å². The molecule has 0 spiro atoms. The lowest BCUT2D eigenvalue weighted by molar-refractivity contribution is -0.157. The van der Waals surface area contributed by atoms with Crippen molar-refractivity contribution in [1.82, 2.24) is 9.38 Å². The largest absolute Gasteiger partial charge is 1.00 e. The molecule has 1 unspecified atom stereocenters. The van der Waals surface area contributed by atoms with Crippen molar-refractivity contribution < 1.29 is 52.5 Å². The predicted octanol–water partition coefficient (Wildman–Crippen LogP) is 2.13. The summed E-state index contributed by atoms with van der Waals surface area (Å²) in [5.41, 5.74) is 2.94. The molecule has 0 aromatic heterocycles. The highest BCUT2D eigenvalue weighted by atomic mass is 127. The zero-order valence-electron chi connectivity index (χ0n) is 25.0. The molecule has 0 saturated heterocycles. The first kappa shape index (κ1) is 33.7. The quantitative estimate of drug-likeness (QED) is 0.171. The van der Waals surface area contributed by atoms with E-state index in [1.807, 2.05) is 73.8 Å². The fourth-order valence-electron chi connectivity index (χ4n) is 5.09. The maximum absolute atomic E-state index is 14.4. The van der Waals surface area contributed by atoms with Crippen molar-refractivity contribution in [3.8, 4) is 17.2 Å². The summed E-state index contributed by atoms with van der Waals surface area (Å²) in [6, 6.07) is 21.5. The first-order chi connectivity index (χ1) is 19.7. The first-order valence-electron chi connectivity index (χ1n) is 13.6. The maximum Gasteiger partial charge on any atom is 0.361 e. The molecule has 1 amide bonds. The highest BCUT2D eigenvalue weighted by Crippen LogP contribution is 2.48. The number of ether oxygens (including phenoxy) is 4. The Morgan fingerprint density at radius 1 is 0.929 bits per heavy atom. The number of methoxy groups -OCH3 is 3. The summed E-state index contributed by atoms with van der Waals surface area (Å²) in [6.45, 7) is 3.33. The van der Waals surface area contributed by atoms with E-state index < -0.39 is 17.3 Å². The lowest BCUT2D eigenvalue weighted by Gasteiger charge is -2.34. The van der Waals surface area contributed by atoms with Gasteiger partial charge in [0.25, 0.3) is 0 Å². The van der Waals surface area contributed by atoms with Gasteiger partial charge in [0.05, 0.1) is 38.5 Å². The van der Waals surface area contributed by atoms with Gasteiger partial charge in [0, 0.05) is 26.1 Å². The molecule has 0 radical (unpaired) electrons. The van der Waals surface area contributed by atoms with Gasteiger partial charge in [-0.05, 0) is 54.9 Å². The lowest BCUT2D eigenvalue weighted by Crippen LogP contribution is -3.00. The van der Waals surface area contributed by atoms with E-state index in [9.17, 15) is 9.59 Å². The van der Waals surface area contributed by atoms with Crippen molar-refractivity contribution in [3.05, 3.63) is 77.9 Å². The van der Waals surface area contributed by atoms with Gasteiger partial charge in [-0.15, -0.1) is 11.8 Å². The first-order valence-corrected chi connectivity index (χ1v) is 14.4. The minimum absolute atomic E-state index is 0. The van der Waals surface area contributed by atoms with Crippen molar-refractivity contribution >= 4 is 29.3 Å². The topological polar surface area (TPSA) is 74.3 Å². The van der Waals surface area contributed by atoms with E-state index in [1.165, 1.54) is 6.92 Å². The van der Waals surface area contributed by atoms with E-state index in [0.717, 1.165) is 40.4 Å². The molecule has 1 heterocycles. The van der Waals surface area contributed by atoms with Crippen LogP contribution in [0.4, 0.5) is 5.69 Å². The Hall–Kier alpha value is -2.80. The molecule has 42 heavy (non-hydrogen) atoms. The molecular formula is C32H39IN2O6S. The Kier molecular flexibility index (Phi) is 12.1. The molecule has 4 rings (SSSR count). The standard InChI is InChI=1S/C32H39N2O6S.HI/c1-22(35)40-30-31(24-12-14-25(37-4)15-13-24)41-29-10-8-7-9-26(29)34(3,32(30)36)20-19-33(2)18-17-23-11-16-27(38-5)28(21-23)39-6;/h7-16,21,30-31H,17-20H2,1-6H3;1H/q+1;/p-1/t30-,31+,34?;/m0./s1. The zero-order valence-corrected chi connectivity index (χ0v) is 27.9. The molecule has 3 aromatic rings. The van der Waals surface area contributed by atoms with Crippen molar-refractivity contribution in [2.24, 2.45) is 0 Å². The van der Waals surface area contributed by atoms with Gasteiger partial charge in [0.2, 0.25) is 6.10 Å². The minimum Gasteiger partial charge on any atom is -1.00 e. The van der Waals surface area contributed by atoms with E-state index in [4.69, 9.17) is 18.9 Å². The summed E-state index contributed by atoms with van der Waals surface area (Å²) in [6.07, 6.45) is -0.142. The van der Waals surface area contributed by atoms with E-state index in [2.05, 4.69) is 11.9 Å². The third kappa shape index (κ3) is 7.58. The number of fused-ring (bicyclic) bond motifs is 1. The normalized spacial score (nSPS) is 19.7. The van der Waals surface area contributed by atoms with Crippen LogP contribution in [-0.2, 0) is 20.7 Å². The second-order valence-electron chi connectivity index (χ2n) is 10.3. The van der Waals surface area contributed by atoms with E-state index >= 15 is 0 Å². The van der Waals surface area contributed by atoms with Gasteiger partial charge in [0.15, 0.2) is 17.2 Å². The second kappa shape index (κ2) is 15.1. The highest BCUT2D eigenvalue weighted by molar-refractivity contribution is 7.99. The fourth-order valence-corrected chi connectivity index (χ4v) is 6.50. The molecule has 1 aliphatic heterocycles. The number of esters is 1. The molecule has 0 saturated carbocycles. The minimum atomic E-state index is -0.958. The number of carbonyl (C=O) groups excluding carboxylic acids is 2. The molecule has 0 bridgehead atoms. The van der Waals surface area contributed by atoms with Gasteiger partial charge in [-0.2, -0.15) is 0 Å². The van der Waals surface area contributed by atoms with Crippen LogP contribution in [0, 0.1) is 0 Å². The average Bonchev–Trinajstić information content (AvgIpc) is 3.08. The lowest BCUT2D eigenvalue weighted by atomic mass is 10.0. The predicted molar refractivity (Wildman–Crippen MR) is 162 cm³/mol. The maximum atomic E-state index is 14.4.